The van der Waals surface area contributed by atoms with E-state index < -0.39 is 36.4 Å². The molecule has 0 radical (unpaired) electrons. The van der Waals surface area contributed by atoms with Crippen LogP contribution in [0, 0.1) is 0 Å². The summed E-state index contributed by atoms with van der Waals surface area (Å²) in [5.41, 5.74) is -0.192. The van der Waals surface area contributed by atoms with Crippen molar-refractivity contribution in [1.29, 1.82) is 0 Å². The van der Waals surface area contributed by atoms with Gasteiger partial charge in [-0.1, -0.05) is 5.16 Å². The van der Waals surface area contributed by atoms with E-state index in [2.05, 4.69) is 5.16 Å². The molecule has 1 rings (SSSR count). The molecule has 1 N–H and O–H groups in total. The molecule has 1 aliphatic heterocycles. The fourth-order valence-corrected chi connectivity index (χ4v) is 4.99. The average molecular weight is 227 g/mol. The first-order valence-electron chi connectivity index (χ1n) is 3.36. The Labute approximate surface area is 76.1 Å². The average Bonchev–Trinajstić information content (AvgIpc) is 2.24. The Kier molecular flexibility index (Phi) is 2.37. The third-order valence-corrected chi connectivity index (χ3v) is 5.05. The summed E-state index contributed by atoms with van der Waals surface area (Å²) in [6.07, 6.45) is 0.920. The highest BCUT2D eigenvalue weighted by atomic mass is 32.2. The molecule has 6 nitrogen and oxygen atoms in total. The van der Waals surface area contributed by atoms with E-state index in [9.17, 15) is 16.8 Å². The maximum Gasteiger partial charge on any atom is 0.157 e. The van der Waals surface area contributed by atoms with Gasteiger partial charge in [0.1, 0.15) is 5.25 Å². The molecule has 0 amide bonds. The summed E-state index contributed by atoms with van der Waals surface area (Å²) in [5.74, 6) is -0.952. The van der Waals surface area contributed by atoms with Gasteiger partial charge in [-0.05, 0) is 0 Å². The quantitative estimate of drug-likeness (QED) is 0.441. The number of sulfone groups is 2. The molecular formula is C5H9NO5S2. The largest absolute Gasteiger partial charge is 0.411 e. The number of hydrogen-bond acceptors (Lipinski definition) is 6. The number of rotatable bonds is 1. The van der Waals surface area contributed by atoms with Gasteiger partial charge >= 0.3 is 0 Å². The van der Waals surface area contributed by atoms with Gasteiger partial charge in [-0.3, -0.25) is 0 Å². The van der Waals surface area contributed by atoms with E-state index in [0.29, 0.717) is 0 Å². The molecule has 0 aromatic rings. The molecule has 0 saturated carbocycles. The summed E-state index contributed by atoms with van der Waals surface area (Å²) >= 11 is 0. The van der Waals surface area contributed by atoms with Gasteiger partial charge in [0, 0.05) is 6.26 Å². The zero-order valence-corrected chi connectivity index (χ0v) is 8.47. The minimum atomic E-state index is -3.50. The number of nitrogens with zero attached hydrogens (tertiary/aromatic N) is 1. The fraction of sp³-hybridized carbons (Fsp3) is 0.800. The van der Waals surface area contributed by atoms with E-state index in [0.717, 1.165) is 6.26 Å². The van der Waals surface area contributed by atoms with Gasteiger partial charge < -0.3 is 5.21 Å². The lowest BCUT2D eigenvalue weighted by atomic mass is 10.3. The first-order valence-corrected chi connectivity index (χ1v) is 7.14. The second-order valence-corrected chi connectivity index (χ2v) is 7.30. The molecule has 8 heteroatoms. The maximum absolute atomic E-state index is 11.0. The van der Waals surface area contributed by atoms with Crippen LogP contribution in [0.5, 0.6) is 0 Å². The van der Waals surface area contributed by atoms with Crippen molar-refractivity contribution in [1.82, 2.24) is 0 Å². The summed E-state index contributed by atoms with van der Waals surface area (Å²) in [6, 6.07) is 0. The Morgan fingerprint density at radius 3 is 2.38 bits per heavy atom. The van der Waals surface area contributed by atoms with E-state index in [1.54, 1.807) is 0 Å². The van der Waals surface area contributed by atoms with Gasteiger partial charge in [0.2, 0.25) is 0 Å². The fourth-order valence-electron chi connectivity index (χ4n) is 1.17. The van der Waals surface area contributed by atoms with Crippen LogP contribution in [-0.4, -0.2) is 50.8 Å². The zero-order chi connectivity index (χ0) is 10.3. The number of oxime groups is 1. The van der Waals surface area contributed by atoms with Gasteiger partial charge in [-0.15, -0.1) is 0 Å². The normalized spacial score (nSPS) is 30.8. The van der Waals surface area contributed by atoms with E-state index >= 15 is 0 Å². The summed E-state index contributed by atoms with van der Waals surface area (Å²) < 4.78 is 44.1. The highest BCUT2D eigenvalue weighted by molar-refractivity contribution is 7.97. The lowest BCUT2D eigenvalue weighted by molar-refractivity contribution is 0.318. The molecule has 1 aliphatic rings. The van der Waals surface area contributed by atoms with Crippen LogP contribution in [0.3, 0.4) is 0 Å². The first kappa shape index (κ1) is 10.5. The summed E-state index contributed by atoms with van der Waals surface area (Å²) in [6.45, 7) is 0. The topological polar surface area (TPSA) is 101 Å². The van der Waals surface area contributed by atoms with Gasteiger partial charge in [0.25, 0.3) is 0 Å². The van der Waals surface area contributed by atoms with Gasteiger partial charge in [0.15, 0.2) is 19.7 Å². The lowest BCUT2D eigenvalue weighted by Crippen LogP contribution is -2.28. The van der Waals surface area contributed by atoms with Crippen LogP contribution in [-0.2, 0) is 19.7 Å². The van der Waals surface area contributed by atoms with E-state index in [1.165, 1.54) is 0 Å². The van der Waals surface area contributed by atoms with Crippen molar-refractivity contribution in [3.8, 4) is 0 Å². The summed E-state index contributed by atoms with van der Waals surface area (Å²) in [4.78, 5) is 0. The molecule has 1 saturated heterocycles. The highest BCUT2D eigenvalue weighted by Gasteiger charge is 2.40. The Hall–Kier alpha value is -0.630. The maximum atomic E-state index is 11.0. The second-order valence-electron chi connectivity index (χ2n) is 2.96. The Morgan fingerprint density at radius 2 is 2.08 bits per heavy atom. The van der Waals surface area contributed by atoms with Crippen molar-refractivity contribution in [2.24, 2.45) is 5.16 Å². The molecular weight excluding hydrogens is 218 g/mol. The molecule has 0 aromatic heterocycles. The smallest absolute Gasteiger partial charge is 0.157 e. The monoisotopic (exact) mass is 227 g/mol. The van der Waals surface area contributed by atoms with Crippen molar-refractivity contribution in [2.45, 2.75) is 5.25 Å². The lowest BCUT2D eigenvalue weighted by Gasteiger charge is -2.03. The van der Waals surface area contributed by atoms with Crippen LogP contribution in [0.2, 0.25) is 0 Å². The zero-order valence-electron chi connectivity index (χ0n) is 6.84. The van der Waals surface area contributed by atoms with E-state index in [-0.39, 0.29) is 5.71 Å². The third-order valence-electron chi connectivity index (χ3n) is 1.79. The minimum absolute atomic E-state index is 0.192. The van der Waals surface area contributed by atoms with Crippen LogP contribution in [0.4, 0.5) is 0 Å². The highest BCUT2D eigenvalue weighted by Crippen LogP contribution is 2.16. The van der Waals surface area contributed by atoms with Crippen LogP contribution in [0.1, 0.15) is 0 Å². The van der Waals surface area contributed by atoms with Crippen molar-refractivity contribution < 1.29 is 22.0 Å². The Bertz CT molecular complexity index is 432. The predicted molar refractivity (Wildman–Crippen MR) is 46.5 cm³/mol. The van der Waals surface area contributed by atoms with Gasteiger partial charge in [0.05, 0.1) is 17.2 Å². The molecule has 0 aliphatic carbocycles. The third kappa shape index (κ3) is 2.19. The van der Waals surface area contributed by atoms with Crippen LogP contribution in [0.15, 0.2) is 5.16 Å². The molecule has 0 aromatic carbocycles. The SMILES string of the molecule is CS(=O)(=O)C1CS(=O)(=O)C/C1=N\O. The van der Waals surface area contributed by atoms with Gasteiger partial charge in [-0.2, -0.15) is 0 Å². The Balaban J connectivity index is 3.17. The summed E-state index contributed by atoms with van der Waals surface area (Å²) in [7, 11) is -6.91. The Morgan fingerprint density at radius 1 is 1.54 bits per heavy atom. The van der Waals surface area contributed by atoms with Crippen molar-refractivity contribution in [2.75, 3.05) is 17.8 Å². The van der Waals surface area contributed by atoms with Crippen LogP contribution in [0.25, 0.3) is 0 Å². The predicted octanol–water partition coefficient (Wildman–Crippen LogP) is -1.34. The summed E-state index contributed by atoms with van der Waals surface area (Å²) in [5, 5.41) is 9.90. The van der Waals surface area contributed by atoms with Gasteiger partial charge in [-0.25, -0.2) is 16.8 Å². The molecule has 1 heterocycles. The number of hydrogen-bond donors (Lipinski definition) is 1. The van der Waals surface area contributed by atoms with Crippen molar-refractivity contribution in [3.05, 3.63) is 0 Å². The van der Waals surface area contributed by atoms with E-state index in [1.807, 2.05) is 0 Å². The molecule has 0 spiro atoms. The standard InChI is InChI=1S/C5H9NO5S2/c1-12(8,9)5-3-13(10,11)2-4(5)6-7/h5,7H,2-3H2,1H3/b6-4+. The van der Waals surface area contributed by atoms with Crippen LogP contribution < -0.4 is 0 Å². The van der Waals surface area contributed by atoms with Crippen molar-refractivity contribution in [3.63, 3.8) is 0 Å². The molecule has 13 heavy (non-hydrogen) atoms. The molecule has 0 bridgehead atoms. The minimum Gasteiger partial charge on any atom is -0.411 e. The molecule has 76 valence electrons. The second kappa shape index (κ2) is 2.95. The van der Waals surface area contributed by atoms with Crippen molar-refractivity contribution >= 4 is 25.4 Å². The molecule has 1 fully saturated rings. The van der Waals surface area contributed by atoms with E-state index in [4.69, 9.17) is 5.21 Å². The first-order chi connectivity index (χ1) is 5.76. The molecule has 1 atom stereocenters. The van der Waals surface area contributed by atoms with Crippen LogP contribution >= 0.6 is 0 Å². The molecule has 1 unspecified atom stereocenters.